The van der Waals surface area contributed by atoms with Gasteiger partial charge in [-0.3, -0.25) is 10.1 Å². The number of rotatable bonds is 4. The first-order valence-electron chi connectivity index (χ1n) is 6.01. The van der Waals surface area contributed by atoms with Crippen LogP contribution in [-0.2, 0) is 10.0 Å². The van der Waals surface area contributed by atoms with Gasteiger partial charge in [-0.25, -0.2) is 13.1 Å². The highest BCUT2D eigenvalue weighted by molar-refractivity contribution is 7.91. The van der Waals surface area contributed by atoms with Gasteiger partial charge in [-0.15, -0.1) is 11.3 Å². The normalized spacial score (nSPS) is 23.7. The zero-order valence-electron chi connectivity index (χ0n) is 10.4. The van der Waals surface area contributed by atoms with Crippen molar-refractivity contribution in [2.45, 2.75) is 42.0 Å². The Morgan fingerprint density at radius 2 is 2.00 bits per heavy atom. The quantitative estimate of drug-likeness (QED) is 0.641. The first-order chi connectivity index (χ1) is 9.29. The zero-order chi connectivity index (χ0) is 14.9. The summed E-state index contributed by atoms with van der Waals surface area (Å²) >= 11 is 6.36. The molecule has 0 aliphatic heterocycles. The van der Waals surface area contributed by atoms with E-state index in [1.807, 2.05) is 0 Å². The Morgan fingerprint density at radius 1 is 1.40 bits per heavy atom. The van der Waals surface area contributed by atoms with Crippen LogP contribution in [0.1, 0.15) is 25.7 Å². The van der Waals surface area contributed by atoms with Crippen molar-refractivity contribution in [3.8, 4) is 0 Å². The molecular formula is C10H14ClN3O4S2. The maximum Gasteiger partial charge on any atom is 0.300 e. The second-order valence-electron chi connectivity index (χ2n) is 4.71. The molecular weight excluding hydrogens is 326 g/mol. The minimum Gasteiger partial charge on any atom is -0.328 e. The maximum absolute atomic E-state index is 12.2. The summed E-state index contributed by atoms with van der Waals surface area (Å²) in [7, 11) is -3.77. The summed E-state index contributed by atoms with van der Waals surface area (Å²) in [6.07, 6.45) is 2.86. The molecule has 7 nitrogen and oxygen atoms in total. The molecule has 0 spiro atoms. The van der Waals surface area contributed by atoms with Crippen LogP contribution < -0.4 is 10.5 Å². The Kier molecular flexibility index (Phi) is 4.65. The molecule has 1 aliphatic carbocycles. The Morgan fingerprint density at radius 3 is 2.50 bits per heavy atom. The van der Waals surface area contributed by atoms with Gasteiger partial charge in [0.2, 0.25) is 0 Å². The van der Waals surface area contributed by atoms with Crippen molar-refractivity contribution in [2.24, 2.45) is 5.73 Å². The monoisotopic (exact) mass is 339 g/mol. The lowest BCUT2D eigenvalue weighted by Gasteiger charge is -2.26. The van der Waals surface area contributed by atoms with Crippen LogP contribution in [0.2, 0.25) is 4.34 Å². The summed E-state index contributed by atoms with van der Waals surface area (Å²) in [5, 5.41) is 10.7. The summed E-state index contributed by atoms with van der Waals surface area (Å²) < 4.78 is 26.6. The number of nitro groups is 1. The van der Waals surface area contributed by atoms with E-state index in [4.69, 9.17) is 17.3 Å². The molecule has 10 heteroatoms. The number of thiophene rings is 1. The molecule has 1 aromatic heterocycles. The van der Waals surface area contributed by atoms with E-state index in [2.05, 4.69) is 4.72 Å². The van der Waals surface area contributed by atoms with E-state index in [0.29, 0.717) is 24.2 Å². The molecule has 112 valence electrons. The zero-order valence-corrected chi connectivity index (χ0v) is 12.8. The molecule has 1 heterocycles. The topological polar surface area (TPSA) is 115 Å². The summed E-state index contributed by atoms with van der Waals surface area (Å²) in [6.45, 7) is 0. The standard InChI is InChI=1S/C10H14ClN3O4S2/c11-10-8(14(15)16)5-9(19-10)20(17,18)13-7-3-1-6(12)2-4-7/h5-7,13H,1-4,12H2. The predicted octanol–water partition coefficient (Wildman–Crippen LogP) is 1.86. The maximum atomic E-state index is 12.2. The molecule has 3 N–H and O–H groups in total. The summed E-state index contributed by atoms with van der Waals surface area (Å²) in [6, 6.07) is 0.928. The number of nitrogens with zero attached hydrogens (tertiary/aromatic N) is 1. The van der Waals surface area contributed by atoms with Crippen LogP contribution in [-0.4, -0.2) is 25.4 Å². The summed E-state index contributed by atoms with van der Waals surface area (Å²) in [5.74, 6) is 0. The second-order valence-corrected chi connectivity index (χ2v) is 8.31. The Bertz CT molecular complexity index is 608. The van der Waals surface area contributed by atoms with E-state index in [-0.39, 0.29) is 26.3 Å². The molecule has 1 aliphatic rings. The molecule has 20 heavy (non-hydrogen) atoms. The van der Waals surface area contributed by atoms with Crippen molar-refractivity contribution >= 4 is 38.6 Å². The molecule has 0 aromatic carbocycles. The van der Waals surface area contributed by atoms with Crippen molar-refractivity contribution in [3.05, 3.63) is 20.5 Å². The molecule has 1 saturated carbocycles. The van der Waals surface area contributed by atoms with Gasteiger partial charge in [0.05, 0.1) is 4.92 Å². The highest BCUT2D eigenvalue weighted by atomic mass is 35.5. The van der Waals surface area contributed by atoms with Gasteiger partial charge in [0, 0.05) is 18.2 Å². The van der Waals surface area contributed by atoms with E-state index in [1.54, 1.807) is 0 Å². The summed E-state index contributed by atoms with van der Waals surface area (Å²) in [4.78, 5) is 9.99. The minimum atomic E-state index is -3.77. The Balaban J connectivity index is 2.14. The van der Waals surface area contributed by atoms with Gasteiger partial charge in [-0.05, 0) is 25.7 Å². The third-order valence-electron chi connectivity index (χ3n) is 3.20. The van der Waals surface area contributed by atoms with Crippen LogP contribution in [0, 0.1) is 10.1 Å². The van der Waals surface area contributed by atoms with Gasteiger partial charge in [0.25, 0.3) is 15.7 Å². The van der Waals surface area contributed by atoms with Crippen LogP contribution in [0.25, 0.3) is 0 Å². The minimum absolute atomic E-state index is 0.119. The second kappa shape index (κ2) is 5.94. The fourth-order valence-electron chi connectivity index (χ4n) is 2.11. The number of halogens is 1. The number of hydrogen-bond acceptors (Lipinski definition) is 6. The first-order valence-corrected chi connectivity index (χ1v) is 8.69. The molecule has 0 saturated heterocycles. The SMILES string of the molecule is NC1CCC(NS(=O)(=O)c2cc([N+](=O)[O-])c(Cl)s2)CC1. The lowest BCUT2D eigenvalue weighted by molar-refractivity contribution is -0.384. The van der Waals surface area contributed by atoms with Crippen molar-refractivity contribution in [2.75, 3.05) is 0 Å². The average Bonchev–Trinajstić information content (AvgIpc) is 2.75. The van der Waals surface area contributed by atoms with Crippen LogP contribution in [0.15, 0.2) is 10.3 Å². The van der Waals surface area contributed by atoms with Gasteiger partial charge in [-0.2, -0.15) is 0 Å². The predicted molar refractivity (Wildman–Crippen MR) is 76.5 cm³/mol. The number of hydrogen-bond donors (Lipinski definition) is 2. The number of nitrogens with two attached hydrogens (primary N) is 1. The van der Waals surface area contributed by atoms with Gasteiger partial charge < -0.3 is 5.73 Å². The van der Waals surface area contributed by atoms with Gasteiger partial charge in [0.15, 0.2) is 4.34 Å². The van der Waals surface area contributed by atoms with Crippen LogP contribution in [0.4, 0.5) is 5.69 Å². The molecule has 2 rings (SSSR count). The van der Waals surface area contributed by atoms with E-state index in [1.165, 1.54) is 0 Å². The molecule has 0 atom stereocenters. The average molecular weight is 340 g/mol. The van der Waals surface area contributed by atoms with Crippen LogP contribution >= 0.6 is 22.9 Å². The van der Waals surface area contributed by atoms with E-state index in [0.717, 1.165) is 18.9 Å². The third kappa shape index (κ3) is 3.47. The van der Waals surface area contributed by atoms with E-state index in [9.17, 15) is 18.5 Å². The molecule has 0 unspecified atom stereocenters. The lowest BCUT2D eigenvalue weighted by atomic mass is 9.93. The largest absolute Gasteiger partial charge is 0.328 e. The van der Waals surface area contributed by atoms with Crippen molar-refractivity contribution < 1.29 is 13.3 Å². The highest BCUT2D eigenvalue weighted by Gasteiger charge is 2.28. The number of sulfonamides is 1. The molecule has 0 radical (unpaired) electrons. The fraction of sp³-hybridized carbons (Fsp3) is 0.600. The van der Waals surface area contributed by atoms with Crippen molar-refractivity contribution in [1.29, 1.82) is 0 Å². The van der Waals surface area contributed by atoms with Crippen molar-refractivity contribution in [1.82, 2.24) is 4.72 Å². The third-order valence-corrected chi connectivity index (χ3v) is 6.53. The van der Waals surface area contributed by atoms with Crippen LogP contribution in [0.5, 0.6) is 0 Å². The van der Waals surface area contributed by atoms with Gasteiger partial charge in [0.1, 0.15) is 4.21 Å². The molecule has 1 aromatic rings. The molecule has 0 bridgehead atoms. The van der Waals surface area contributed by atoms with Crippen LogP contribution in [0.3, 0.4) is 0 Å². The van der Waals surface area contributed by atoms with E-state index < -0.39 is 14.9 Å². The van der Waals surface area contributed by atoms with Crippen molar-refractivity contribution in [3.63, 3.8) is 0 Å². The summed E-state index contributed by atoms with van der Waals surface area (Å²) in [5.41, 5.74) is 5.37. The smallest absolute Gasteiger partial charge is 0.300 e. The highest BCUT2D eigenvalue weighted by Crippen LogP contribution is 2.36. The Labute approximate surface area is 125 Å². The first kappa shape index (κ1) is 15.6. The molecule has 1 fully saturated rings. The fourth-order valence-corrected chi connectivity index (χ4v) is 5.10. The molecule has 0 amide bonds. The van der Waals surface area contributed by atoms with Gasteiger partial charge in [-0.1, -0.05) is 11.6 Å². The lowest BCUT2D eigenvalue weighted by Crippen LogP contribution is -2.40. The van der Waals surface area contributed by atoms with E-state index >= 15 is 0 Å². The Hall–Kier alpha value is -0.740. The van der Waals surface area contributed by atoms with Gasteiger partial charge >= 0.3 is 0 Å². The number of nitrogens with one attached hydrogen (secondary N) is 1.